The van der Waals surface area contributed by atoms with Gasteiger partial charge in [-0.05, 0) is 70.4 Å². The maximum atomic E-state index is 12.5. The van der Waals surface area contributed by atoms with Gasteiger partial charge in [0.2, 0.25) is 0 Å². The van der Waals surface area contributed by atoms with Crippen LogP contribution >= 0.6 is 27.3 Å². The molecule has 0 bridgehead atoms. The molecule has 1 unspecified atom stereocenters. The highest BCUT2D eigenvalue weighted by molar-refractivity contribution is 9.10. The highest BCUT2D eigenvalue weighted by atomic mass is 79.9. The Balaban J connectivity index is 1.82. The third kappa shape index (κ3) is 2.99. The van der Waals surface area contributed by atoms with Crippen LogP contribution in [0.15, 0.2) is 34.1 Å². The Bertz CT molecular complexity index is 668. The van der Waals surface area contributed by atoms with Crippen molar-refractivity contribution in [3.63, 3.8) is 0 Å². The van der Waals surface area contributed by atoms with Crippen LogP contribution in [0.3, 0.4) is 0 Å². The van der Waals surface area contributed by atoms with Crippen molar-refractivity contribution in [1.29, 1.82) is 0 Å². The predicted molar refractivity (Wildman–Crippen MR) is 88.2 cm³/mol. The lowest BCUT2D eigenvalue weighted by atomic mass is 9.94. The van der Waals surface area contributed by atoms with Gasteiger partial charge in [0.1, 0.15) is 5.75 Å². The molecule has 110 valence electrons. The second-order valence-corrected chi connectivity index (χ2v) is 6.92. The third-order valence-electron chi connectivity index (χ3n) is 3.78. The zero-order valence-electron chi connectivity index (χ0n) is 11.7. The summed E-state index contributed by atoms with van der Waals surface area (Å²) in [5.74, 6) is 0.619. The van der Waals surface area contributed by atoms with E-state index in [0.29, 0.717) is 11.3 Å². The van der Waals surface area contributed by atoms with Gasteiger partial charge in [0.05, 0.1) is 18.7 Å². The minimum absolute atomic E-state index is 0.0650. The Hall–Kier alpha value is -1.33. The van der Waals surface area contributed by atoms with Crippen molar-refractivity contribution < 1.29 is 9.53 Å². The number of fused-ring (bicyclic) bond motifs is 1. The molecule has 0 saturated heterocycles. The number of thiophene rings is 1. The fourth-order valence-corrected chi connectivity index (χ4v) is 4.09. The normalized spacial score (nSPS) is 17.1. The molecular weight excluding hydrogens is 350 g/mol. The quantitative estimate of drug-likeness (QED) is 0.878. The standard InChI is InChI=1S/C16H16BrNO2S/c1-20-10-5-6-13(17)12(9-10)16(19)18-14-3-2-4-15-11(14)7-8-21-15/h5-9,14H,2-4H2,1H3,(H,18,19). The maximum absolute atomic E-state index is 12.5. The summed E-state index contributed by atoms with van der Waals surface area (Å²) in [7, 11) is 1.60. The zero-order valence-corrected chi connectivity index (χ0v) is 14.1. The van der Waals surface area contributed by atoms with Gasteiger partial charge in [0.15, 0.2) is 0 Å². The Morgan fingerprint density at radius 1 is 1.43 bits per heavy atom. The van der Waals surface area contributed by atoms with Gasteiger partial charge in [0.25, 0.3) is 5.91 Å². The Kier molecular flexibility index (Phi) is 4.31. The summed E-state index contributed by atoms with van der Waals surface area (Å²) in [5.41, 5.74) is 1.88. The summed E-state index contributed by atoms with van der Waals surface area (Å²) in [5, 5.41) is 5.26. The molecule has 5 heteroatoms. The average Bonchev–Trinajstić information content (AvgIpc) is 2.97. The molecule has 3 nitrogen and oxygen atoms in total. The van der Waals surface area contributed by atoms with E-state index in [1.807, 2.05) is 12.1 Å². The number of benzene rings is 1. The number of halogens is 1. The summed E-state index contributed by atoms with van der Waals surface area (Å²) in [6.45, 7) is 0. The van der Waals surface area contributed by atoms with Crippen molar-refractivity contribution in [2.24, 2.45) is 0 Å². The van der Waals surface area contributed by atoms with Gasteiger partial charge in [0, 0.05) is 9.35 Å². The first-order chi connectivity index (χ1) is 10.2. The predicted octanol–water partition coefficient (Wildman–Crippen LogP) is 4.33. The van der Waals surface area contributed by atoms with Gasteiger partial charge in [-0.25, -0.2) is 0 Å². The number of methoxy groups -OCH3 is 1. The molecule has 1 aromatic heterocycles. The van der Waals surface area contributed by atoms with Crippen molar-refractivity contribution in [3.8, 4) is 5.75 Å². The second-order valence-electron chi connectivity index (χ2n) is 5.06. The lowest BCUT2D eigenvalue weighted by Crippen LogP contribution is -2.30. The molecule has 0 saturated carbocycles. The number of amides is 1. The molecule has 1 heterocycles. The molecule has 3 rings (SSSR count). The number of hydrogen-bond acceptors (Lipinski definition) is 3. The summed E-state index contributed by atoms with van der Waals surface area (Å²) in [4.78, 5) is 13.9. The van der Waals surface area contributed by atoms with E-state index >= 15 is 0 Å². The zero-order chi connectivity index (χ0) is 14.8. The minimum atomic E-state index is -0.0650. The number of rotatable bonds is 3. The van der Waals surface area contributed by atoms with Crippen molar-refractivity contribution in [2.45, 2.75) is 25.3 Å². The number of carbonyl (C=O) groups excluding carboxylic acids is 1. The molecule has 1 aromatic carbocycles. The van der Waals surface area contributed by atoms with Gasteiger partial charge in [-0.15, -0.1) is 11.3 Å². The largest absolute Gasteiger partial charge is 0.497 e. The van der Waals surface area contributed by atoms with Crippen LogP contribution in [0.1, 0.15) is 39.7 Å². The third-order valence-corrected chi connectivity index (χ3v) is 5.46. The topological polar surface area (TPSA) is 38.3 Å². The first-order valence-electron chi connectivity index (χ1n) is 6.89. The van der Waals surface area contributed by atoms with Gasteiger partial charge >= 0.3 is 0 Å². The molecule has 0 fully saturated rings. The van der Waals surface area contributed by atoms with Crippen LogP contribution in [0.5, 0.6) is 5.75 Å². The lowest BCUT2D eigenvalue weighted by Gasteiger charge is -2.24. The van der Waals surface area contributed by atoms with Gasteiger partial charge in [-0.2, -0.15) is 0 Å². The Morgan fingerprint density at radius 2 is 2.29 bits per heavy atom. The van der Waals surface area contributed by atoms with Crippen LogP contribution in [0.4, 0.5) is 0 Å². The number of ether oxygens (including phenoxy) is 1. The number of aryl methyl sites for hydroxylation is 1. The fourth-order valence-electron chi connectivity index (χ4n) is 2.68. The SMILES string of the molecule is COc1ccc(Br)c(C(=O)NC2CCCc3sccc32)c1. The van der Waals surface area contributed by atoms with Crippen molar-refractivity contribution in [3.05, 3.63) is 50.1 Å². The molecule has 2 aromatic rings. The molecule has 0 aliphatic heterocycles. The Morgan fingerprint density at radius 3 is 3.10 bits per heavy atom. The van der Waals surface area contributed by atoms with Crippen LogP contribution < -0.4 is 10.1 Å². The smallest absolute Gasteiger partial charge is 0.253 e. The summed E-state index contributed by atoms with van der Waals surface area (Å²) in [6.07, 6.45) is 3.25. The van der Waals surface area contributed by atoms with Gasteiger partial charge < -0.3 is 10.1 Å². The molecule has 1 aliphatic carbocycles. The summed E-state index contributed by atoms with van der Waals surface area (Å²) >= 11 is 5.22. The molecule has 0 spiro atoms. The van der Waals surface area contributed by atoms with E-state index in [0.717, 1.165) is 23.7 Å². The molecule has 0 radical (unpaired) electrons. The van der Waals surface area contributed by atoms with E-state index in [9.17, 15) is 4.79 Å². The number of nitrogens with one attached hydrogen (secondary N) is 1. The highest BCUT2D eigenvalue weighted by Gasteiger charge is 2.24. The van der Waals surface area contributed by atoms with Crippen LogP contribution in [0.2, 0.25) is 0 Å². The van der Waals surface area contributed by atoms with Crippen LogP contribution in [-0.2, 0) is 6.42 Å². The molecule has 1 aliphatic rings. The highest BCUT2D eigenvalue weighted by Crippen LogP contribution is 2.33. The first-order valence-corrected chi connectivity index (χ1v) is 8.57. The van der Waals surface area contributed by atoms with Crippen molar-refractivity contribution >= 4 is 33.2 Å². The van der Waals surface area contributed by atoms with Gasteiger partial charge in [-0.3, -0.25) is 4.79 Å². The average molecular weight is 366 g/mol. The molecular formula is C16H16BrNO2S. The van der Waals surface area contributed by atoms with Crippen LogP contribution in [-0.4, -0.2) is 13.0 Å². The molecule has 1 N–H and O–H groups in total. The first kappa shape index (κ1) is 14.6. The van der Waals surface area contributed by atoms with E-state index < -0.39 is 0 Å². The molecule has 21 heavy (non-hydrogen) atoms. The Labute approximate surface area is 136 Å². The molecule has 1 atom stereocenters. The van der Waals surface area contributed by atoms with Crippen molar-refractivity contribution in [1.82, 2.24) is 5.32 Å². The van der Waals surface area contributed by atoms with E-state index in [1.165, 1.54) is 10.4 Å². The minimum Gasteiger partial charge on any atom is -0.497 e. The maximum Gasteiger partial charge on any atom is 0.253 e. The lowest BCUT2D eigenvalue weighted by molar-refractivity contribution is 0.0932. The van der Waals surface area contributed by atoms with E-state index in [-0.39, 0.29) is 11.9 Å². The van der Waals surface area contributed by atoms with Crippen LogP contribution in [0, 0.1) is 0 Å². The monoisotopic (exact) mass is 365 g/mol. The number of carbonyl (C=O) groups is 1. The van der Waals surface area contributed by atoms with Crippen LogP contribution in [0.25, 0.3) is 0 Å². The van der Waals surface area contributed by atoms with Gasteiger partial charge in [-0.1, -0.05) is 0 Å². The second kappa shape index (κ2) is 6.20. The van der Waals surface area contributed by atoms with Crippen molar-refractivity contribution in [2.75, 3.05) is 7.11 Å². The van der Waals surface area contributed by atoms with E-state index in [2.05, 4.69) is 32.7 Å². The van der Waals surface area contributed by atoms with E-state index in [4.69, 9.17) is 4.74 Å². The van der Waals surface area contributed by atoms with E-state index in [1.54, 1.807) is 24.5 Å². The summed E-state index contributed by atoms with van der Waals surface area (Å²) in [6, 6.07) is 7.68. The fraction of sp³-hybridized carbons (Fsp3) is 0.312. The molecule has 1 amide bonds. The summed E-state index contributed by atoms with van der Waals surface area (Å²) < 4.78 is 5.97. The number of hydrogen-bond donors (Lipinski definition) is 1.